The van der Waals surface area contributed by atoms with Crippen molar-refractivity contribution >= 4 is 35.5 Å². The van der Waals surface area contributed by atoms with Gasteiger partial charge in [-0.1, -0.05) is 48.5 Å². The Balaban J connectivity index is 1.36. The Hall–Kier alpha value is -3.79. The van der Waals surface area contributed by atoms with Crippen molar-refractivity contribution in [2.24, 2.45) is 7.05 Å². The molecule has 34 heavy (non-hydrogen) atoms. The average molecular weight is 481 g/mol. The third-order valence-corrected chi connectivity index (χ3v) is 6.34. The molecule has 3 aromatic rings. The van der Waals surface area contributed by atoms with Gasteiger partial charge in [0.2, 0.25) is 0 Å². The number of hydrogen-bond donors (Lipinski definition) is 3. The number of carbonyl (C=O) groups excluding carboxylic acids is 2. The predicted octanol–water partition coefficient (Wildman–Crippen LogP) is 3.33. The molecule has 10 heteroatoms. The highest BCUT2D eigenvalue weighted by Crippen LogP contribution is 2.44. The summed E-state index contributed by atoms with van der Waals surface area (Å²) in [4.78, 5) is 35.6. The first kappa shape index (κ1) is 23.4. The fraction of sp³-hybridized carbons (Fsp3) is 0.250. The number of aromatic nitrogens is 2. The molecule has 3 N–H and O–H groups in total. The third kappa shape index (κ3) is 5.23. The maximum absolute atomic E-state index is 12.6. The van der Waals surface area contributed by atoms with E-state index in [-0.39, 0.29) is 36.2 Å². The van der Waals surface area contributed by atoms with E-state index < -0.39 is 18.0 Å². The number of benzene rings is 2. The maximum Gasteiger partial charge on any atom is 0.412 e. The first-order chi connectivity index (χ1) is 16.4. The Bertz CT molecular complexity index is 1180. The standard InChI is InChI=1S/C24H24N4O5S/c1-28-12-19(23(31)25-10-11-34-14-21(29)30)22(27-28)26-24(32)33-13-20-17-8-4-2-6-15(17)16-7-3-5-9-18(16)20/h2-9,12,20H,10-11,13-14H2,1H3,(H,25,31)(H,29,30)(H,26,27,32). The molecule has 2 aromatic carbocycles. The molecule has 176 valence electrons. The van der Waals surface area contributed by atoms with E-state index in [0.29, 0.717) is 5.75 Å². The number of carboxylic acid groups (broad SMARTS) is 1. The molecule has 1 heterocycles. The highest BCUT2D eigenvalue weighted by Gasteiger charge is 2.29. The number of thioether (sulfide) groups is 1. The van der Waals surface area contributed by atoms with Crippen LogP contribution in [0.5, 0.6) is 0 Å². The van der Waals surface area contributed by atoms with Crippen LogP contribution in [0.4, 0.5) is 10.6 Å². The molecule has 1 aromatic heterocycles. The SMILES string of the molecule is Cn1cc(C(=O)NCCSCC(=O)O)c(NC(=O)OCC2c3ccccc3-c3ccccc32)n1. The minimum atomic E-state index is -0.904. The quantitative estimate of drug-likeness (QED) is 0.402. The first-order valence-corrected chi connectivity index (χ1v) is 11.8. The summed E-state index contributed by atoms with van der Waals surface area (Å²) in [5.41, 5.74) is 4.68. The molecule has 1 aliphatic rings. The van der Waals surface area contributed by atoms with Crippen molar-refractivity contribution in [3.05, 3.63) is 71.4 Å². The lowest BCUT2D eigenvalue weighted by molar-refractivity contribution is -0.133. The van der Waals surface area contributed by atoms with Crippen LogP contribution < -0.4 is 10.6 Å². The van der Waals surface area contributed by atoms with E-state index in [1.807, 2.05) is 36.4 Å². The molecule has 2 amide bonds. The number of hydrogen-bond acceptors (Lipinski definition) is 6. The van der Waals surface area contributed by atoms with Crippen LogP contribution in [0.25, 0.3) is 11.1 Å². The summed E-state index contributed by atoms with van der Waals surface area (Å²) in [6, 6.07) is 16.1. The minimum absolute atomic E-state index is 0.0304. The molecule has 4 rings (SSSR count). The summed E-state index contributed by atoms with van der Waals surface area (Å²) < 4.78 is 6.96. The van der Waals surface area contributed by atoms with Crippen molar-refractivity contribution in [3.63, 3.8) is 0 Å². The summed E-state index contributed by atoms with van der Waals surface area (Å²) in [6.45, 7) is 0.436. The van der Waals surface area contributed by atoms with Gasteiger partial charge >= 0.3 is 12.1 Å². The fourth-order valence-corrected chi connectivity index (χ4v) is 4.53. The van der Waals surface area contributed by atoms with Gasteiger partial charge in [-0.25, -0.2) is 4.79 Å². The lowest BCUT2D eigenvalue weighted by atomic mass is 9.98. The van der Waals surface area contributed by atoms with Crippen molar-refractivity contribution in [1.29, 1.82) is 0 Å². The summed E-state index contributed by atoms with van der Waals surface area (Å²) in [5.74, 6) is -0.885. The molecule has 0 unspecified atom stereocenters. The topological polar surface area (TPSA) is 123 Å². The summed E-state index contributed by atoms with van der Waals surface area (Å²) in [7, 11) is 1.64. The lowest BCUT2D eigenvalue weighted by Crippen LogP contribution is -2.27. The van der Waals surface area contributed by atoms with Gasteiger partial charge in [0, 0.05) is 31.5 Å². The van der Waals surface area contributed by atoms with Gasteiger partial charge in [0.1, 0.15) is 12.2 Å². The highest BCUT2D eigenvalue weighted by atomic mass is 32.2. The molecule has 0 aliphatic heterocycles. The van der Waals surface area contributed by atoms with Gasteiger partial charge in [-0.3, -0.25) is 19.6 Å². The van der Waals surface area contributed by atoms with Gasteiger partial charge in [-0.2, -0.15) is 5.10 Å². The molecule has 0 fully saturated rings. The van der Waals surface area contributed by atoms with Crippen LogP contribution in [0.15, 0.2) is 54.7 Å². The molecule has 9 nitrogen and oxygen atoms in total. The molecule has 0 atom stereocenters. The monoisotopic (exact) mass is 480 g/mol. The zero-order chi connectivity index (χ0) is 24.1. The number of nitrogens with zero attached hydrogens (tertiary/aromatic N) is 2. The number of amides is 2. The molecule has 0 bridgehead atoms. The van der Waals surface area contributed by atoms with Crippen molar-refractivity contribution in [3.8, 4) is 11.1 Å². The van der Waals surface area contributed by atoms with E-state index in [1.165, 1.54) is 22.6 Å². The van der Waals surface area contributed by atoms with Crippen molar-refractivity contribution in [2.45, 2.75) is 5.92 Å². The predicted molar refractivity (Wildman–Crippen MR) is 129 cm³/mol. The number of aliphatic carboxylic acids is 1. The van der Waals surface area contributed by atoms with Crippen LogP contribution in [-0.4, -0.2) is 57.5 Å². The minimum Gasteiger partial charge on any atom is -0.481 e. The summed E-state index contributed by atoms with van der Waals surface area (Å²) in [5, 5.41) is 18.1. The number of aryl methyl sites for hydroxylation is 1. The second kappa shape index (κ2) is 10.4. The maximum atomic E-state index is 12.6. The van der Waals surface area contributed by atoms with Gasteiger partial charge in [0.15, 0.2) is 5.82 Å². The van der Waals surface area contributed by atoms with E-state index in [0.717, 1.165) is 22.3 Å². The smallest absolute Gasteiger partial charge is 0.412 e. The fourth-order valence-electron chi connectivity index (χ4n) is 3.97. The van der Waals surface area contributed by atoms with Crippen LogP contribution in [0.3, 0.4) is 0 Å². The van der Waals surface area contributed by atoms with Crippen LogP contribution in [0.1, 0.15) is 27.4 Å². The van der Waals surface area contributed by atoms with Gasteiger partial charge in [0.05, 0.1) is 5.75 Å². The Morgan fingerprint density at radius 3 is 2.38 bits per heavy atom. The number of carbonyl (C=O) groups is 3. The molecule has 1 aliphatic carbocycles. The van der Waals surface area contributed by atoms with Crippen molar-refractivity contribution in [2.75, 3.05) is 30.0 Å². The van der Waals surface area contributed by atoms with Gasteiger partial charge in [0.25, 0.3) is 5.91 Å². The molecule has 0 saturated carbocycles. The van der Waals surface area contributed by atoms with Crippen LogP contribution in [-0.2, 0) is 16.6 Å². The number of fused-ring (bicyclic) bond motifs is 3. The molecule has 0 saturated heterocycles. The Morgan fingerprint density at radius 2 is 1.74 bits per heavy atom. The van der Waals surface area contributed by atoms with Gasteiger partial charge < -0.3 is 15.2 Å². The Kier molecular flexibility index (Phi) is 7.17. The zero-order valence-electron chi connectivity index (χ0n) is 18.5. The lowest BCUT2D eigenvalue weighted by Gasteiger charge is -2.14. The normalized spacial score (nSPS) is 12.0. The van der Waals surface area contributed by atoms with Crippen molar-refractivity contribution < 1.29 is 24.2 Å². The van der Waals surface area contributed by atoms with E-state index >= 15 is 0 Å². The molecule has 0 radical (unpaired) electrons. The van der Waals surface area contributed by atoms with E-state index in [1.54, 1.807) is 7.05 Å². The second-order valence-electron chi connectivity index (χ2n) is 7.72. The number of anilines is 1. The molecular weight excluding hydrogens is 456 g/mol. The molecule has 0 spiro atoms. The number of nitrogens with one attached hydrogen (secondary N) is 2. The first-order valence-electron chi connectivity index (χ1n) is 10.7. The second-order valence-corrected chi connectivity index (χ2v) is 8.82. The molecular formula is C24H24N4O5S. The van der Waals surface area contributed by atoms with Gasteiger partial charge in [-0.05, 0) is 22.3 Å². The van der Waals surface area contributed by atoms with Crippen LogP contribution in [0.2, 0.25) is 0 Å². The summed E-state index contributed by atoms with van der Waals surface area (Å²) in [6.07, 6.45) is 0.797. The largest absolute Gasteiger partial charge is 0.481 e. The average Bonchev–Trinajstić information content (AvgIpc) is 3.34. The number of carboxylic acids is 1. The Labute approximate surface area is 200 Å². The van der Waals surface area contributed by atoms with Gasteiger partial charge in [-0.15, -0.1) is 11.8 Å². The van der Waals surface area contributed by atoms with E-state index in [4.69, 9.17) is 9.84 Å². The Morgan fingerprint density at radius 1 is 1.09 bits per heavy atom. The van der Waals surface area contributed by atoms with Crippen molar-refractivity contribution in [1.82, 2.24) is 15.1 Å². The number of rotatable bonds is 9. The van der Waals surface area contributed by atoms with E-state index in [9.17, 15) is 14.4 Å². The zero-order valence-corrected chi connectivity index (χ0v) is 19.3. The summed E-state index contributed by atoms with van der Waals surface area (Å²) >= 11 is 1.20. The highest BCUT2D eigenvalue weighted by molar-refractivity contribution is 7.99. The van der Waals surface area contributed by atoms with Crippen LogP contribution in [0, 0.1) is 0 Å². The third-order valence-electron chi connectivity index (χ3n) is 5.40. The number of ether oxygens (including phenoxy) is 1. The van der Waals surface area contributed by atoms with E-state index in [2.05, 4.69) is 27.9 Å². The van der Waals surface area contributed by atoms with Crippen LogP contribution >= 0.6 is 11.8 Å².